The molecule has 2 heterocycles. The van der Waals surface area contributed by atoms with Crippen LogP contribution in [0, 0.1) is 5.82 Å². The summed E-state index contributed by atoms with van der Waals surface area (Å²) in [5, 5.41) is 3.47. The van der Waals surface area contributed by atoms with Gasteiger partial charge in [0.15, 0.2) is 0 Å². The van der Waals surface area contributed by atoms with Gasteiger partial charge in [0.05, 0.1) is 30.3 Å². The molecule has 0 spiro atoms. The van der Waals surface area contributed by atoms with Crippen molar-refractivity contribution in [2.45, 2.75) is 50.3 Å². The summed E-state index contributed by atoms with van der Waals surface area (Å²) in [4.78, 5) is 21.8. The number of anilines is 1. The van der Waals surface area contributed by atoms with E-state index in [-0.39, 0.29) is 43.0 Å². The fourth-order valence-electron chi connectivity index (χ4n) is 6.31. The number of hydrogen-bond acceptors (Lipinski definition) is 7. The Kier molecular flexibility index (Phi) is 12.5. The Morgan fingerprint density at radius 2 is 1.71 bits per heavy atom. The number of likely N-dealkylation sites (tertiary alicyclic amines) is 1. The lowest BCUT2D eigenvalue weighted by Gasteiger charge is -2.34. The van der Waals surface area contributed by atoms with Crippen molar-refractivity contribution in [3.8, 4) is 11.5 Å². The number of likely N-dealkylation sites (N-methyl/N-ethyl adjacent to an activating group) is 1. The summed E-state index contributed by atoms with van der Waals surface area (Å²) in [7, 11) is 2.82. The zero-order valence-electron chi connectivity index (χ0n) is 28.6. The maximum atomic E-state index is 13.8. The molecule has 3 aromatic carbocycles. The van der Waals surface area contributed by atoms with Crippen molar-refractivity contribution in [2.75, 3.05) is 58.9 Å². The van der Waals surface area contributed by atoms with Crippen LogP contribution in [0.3, 0.4) is 0 Å². The van der Waals surface area contributed by atoms with E-state index >= 15 is 0 Å². The maximum absolute atomic E-state index is 13.8. The molecule has 4 aromatic rings. The van der Waals surface area contributed by atoms with Crippen molar-refractivity contribution in [2.24, 2.45) is 0 Å². The van der Waals surface area contributed by atoms with Gasteiger partial charge >= 0.3 is 12.5 Å². The molecule has 282 valence electrons. The van der Waals surface area contributed by atoms with Crippen LogP contribution in [0.2, 0.25) is 0 Å². The highest BCUT2D eigenvalue weighted by molar-refractivity contribution is 5.97. The van der Waals surface area contributed by atoms with Gasteiger partial charge in [0.2, 0.25) is 5.95 Å². The first-order valence-corrected chi connectivity index (χ1v) is 16.7. The Bertz CT molecular complexity index is 1770. The number of hydrogen-bond donors (Lipinski definition) is 1. The minimum Gasteiger partial charge on any atom is -0.497 e. The van der Waals surface area contributed by atoms with Gasteiger partial charge in [-0.15, -0.1) is 13.2 Å². The molecule has 1 N–H and O–H groups in total. The number of imidazole rings is 1. The summed E-state index contributed by atoms with van der Waals surface area (Å²) >= 11 is 0. The molecule has 16 heteroatoms. The number of para-hydroxylation sites is 2. The lowest BCUT2D eigenvalue weighted by atomic mass is 9.94. The Hall–Kier alpha value is -4.57. The summed E-state index contributed by atoms with van der Waals surface area (Å²) in [6.45, 7) is 0.939. The van der Waals surface area contributed by atoms with Gasteiger partial charge in [-0.2, -0.15) is 13.2 Å². The number of halogens is 7. The maximum Gasteiger partial charge on any atom is 0.573 e. The number of ether oxygens (including phenoxy) is 3. The lowest BCUT2D eigenvalue weighted by molar-refractivity contribution is -0.274. The third kappa shape index (κ3) is 10.7. The normalized spacial score (nSPS) is 15.1. The number of benzene rings is 3. The molecule has 9 nitrogen and oxygen atoms in total. The van der Waals surface area contributed by atoms with E-state index in [1.165, 1.54) is 43.3 Å². The molecular weight excluding hydrogens is 699 g/mol. The fourth-order valence-corrected chi connectivity index (χ4v) is 6.31. The van der Waals surface area contributed by atoms with Crippen LogP contribution in [0.15, 0.2) is 66.7 Å². The molecule has 1 aliphatic heterocycles. The van der Waals surface area contributed by atoms with Crippen LogP contribution in [0.25, 0.3) is 11.0 Å². The van der Waals surface area contributed by atoms with Crippen LogP contribution in [-0.2, 0) is 11.3 Å². The first kappa shape index (κ1) is 38.7. The van der Waals surface area contributed by atoms with Gasteiger partial charge in [-0.05, 0) is 73.8 Å². The van der Waals surface area contributed by atoms with E-state index in [4.69, 9.17) is 9.47 Å². The van der Waals surface area contributed by atoms with Crippen molar-refractivity contribution in [1.82, 2.24) is 19.4 Å². The first-order valence-electron chi connectivity index (χ1n) is 16.7. The molecule has 5 rings (SSSR count). The van der Waals surface area contributed by atoms with Crippen molar-refractivity contribution >= 4 is 22.9 Å². The molecule has 1 unspecified atom stereocenters. The third-order valence-electron chi connectivity index (χ3n) is 8.92. The van der Waals surface area contributed by atoms with Crippen LogP contribution < -0.4 is 14.8 Å². The molecule has 0 aliphatic carbocycles. The number of amides is 1. The summed E-state index contributed by atoms with van der Waals surface area (Å²) in [6, 6.07) is 16.9. The van der Waals surface area contributed by atoms with Crippen molar-refractivity contribution in [3.63, 3.8) is 0 Å². The molecule has 1 atom stereocenters. The van der Waals surface area contributed by atoms with E-state index in [1.807, 2.05) is 28.8 Å². The Labute approximate surface area is 296 Å². The summed E-state index contributed by atoms with van der Waals surface area (Å²) in [6.07, 6.45) is -7.34. The molecule has 0 radical (unpaired) electrons. The van der Waals surface area contributed by atoms with E-state index in [9.17, 15) is 35.5 Å². The van der Waals surface area contributed by atoms with E-state index < -0.39 is 36.6 Å². The van der Waals surface area contributed by atoms with Crippen molar-refractivity contribution < 1.29 is 49.7 Å². The molecule has 0 saturated carbocycles. The number of fused-ring (bicyclic) bond motifs is 1. The van der Waals surface area contributed by atoms with Gasteiger partial charge in [-0.3, -0.25) is 4.79 Å². The van der Waals surface area contributed by atoms with Gasteiger partial charge in [0.25, 0.3) is 5.91 Å². The Morgan fingerprint density at radius 3 is 2.38 bits per heavy atom. The molecule has 1 amide bonds. The van der Waals surface area contributed by atoms with Crippen molar-refractivity contribution in [1.29, 1.82) is 0 Å². The van der Waals surface area contributed by atoms with Crippen LogP contribution in [0.4, 0.5) is 36.7 Å². The number of rotatable bonds is 15. The molecule has 52 heavy (non-hydrogen) atoms. The molecule has 1 saturated heterocycles. The predicted molar refractivity (Wildman–Crippen MR) is 180 cm³/mol. The second kappa shape index (κ2) is 16.8. The summed E-state index contributed by atoms with van der Waals surface area (Å²) in [5.41, 5.74) is 1.95. The number of carbonyl (C=O) groups is 1. The topological polar surface area (TPSA) is 81.1 Å². The zero-order chi connectivity index (χ0) is 37.5. The van der Waals surface area contributed by atoms with Crippen molar-refractivity contribution in [3.05, 3.63) is 83.7 Å². The van der Waals surface area contributed by atoms with E-state index in [2.05, 4.69) is 19.9 Å². The molecular formula is C36H40F7N5O4. The highest BCUT2D eigenvalue weighted by atomic mass is 19.4. The SMILES string of the molecule is COc1ccc(OC(F)(F)F)c(C(=O)N(C)CC(CCN2CCC(Nc3nc4ccccc4n3CCOCC(F)(F)F)CC2)c2ccc(F)cc2)c1. The quantitative estimate of drug-likeness (QED) is 0.100. The average molecular weight is 740 g/mol. The van der Waals surface area contributed by atoms with Crippen LogP contribution in [0.1, 0.15) is 41.1 Å². The number of nitrogens with one attached hydrogen (secondary N) is 1. The van der Waals surface area contributed by atoms with Gasteiger partial charge in [-0.1, -0.05) is 24.3 Å². The first-order chi connectivity index (χ1) is 24.7. The smallest absolute Gasteiger partial charge is 0.497 e. The molecule has 1 aliphatic rings. The highest BCUT2D eigenvalue weighted by Gasteiger charge is 2.34. The second-order valence-corrected chi connectivity index (χ2v) is 12.6. The van der Waals surface area contributed by atoms with E-state index in [1.54, 1.807) is 12.1 Å². The fraction of sp³-hybridized carbons (Fsp3) is 0.444. The van der Waals surface area contributed by atoms with E-state index in [0.29, 0.717) is 24.4 Å². The van der Waals surface area contributed by atoms with Crippen LogP contribution in [-0.4, -0.2) is 97.4 Å². The number of piperidine rings is 1. The Balaban J connectivity index is 1.21. The molecule has 1 fully saturated rings. The monoisotopic (exact) mass is 739 g/mol. The van der Waals surface area contributed by atoms with Crippen LogP contribution >= 0.6 is 0 Å². The Morgan fingerprint density at radius 1 is 1.00 bits per heavy atom. The summed E-state index contributed by atoms with van der Waals surface area (Å²) < 4.78 is 107. The number of nitrogens with zero attached hydrogens (tertiary/aromatic N) is 4. The van der Waals surface area contributed by atoms with Gasteiger partial charge < -0.3 is 33.9 Å². The highest BCUT2D eigenvalue weighted by Crippen LogP contribution is 2.32. The number of methoxy groups -OCH3 is 1. The largest absolute Gasteiger partial charge is 0.573 e. The standard InChI is InChI=1S/C36H40F7N5O4/c1-46(33(49)29-21-28(50-2)11-12-32(29)52-36(41,42)43)22-25(24-7-9-26(37)10-8-24)13-16-47-17-14-27(15-18-47)44-34-45-30-5-3-4-6-31(30)48(34)19-20-51-23-35(38,39)40/h3-12,21,25,27H,13-20,22-23H2,1-2H3,(H,44,45). The second-order valence-electron chi connectivity index (χ2n) is 12.6. The lowest BCUT2D eigenvalue weighted by Crippen LogP contribution is -2.41. The summed E-state index contributed by atoms with van der Waals surface area (Å²) in [5.74, 6) is -1.30. The third-order valence-corrected chi connectivity index (χ3v) is 8.92. The van der Waals surface area contributed by atoms with Crippen LogP contribution in [0.5, 0.6) is 11.5 Å². The van der Waals surface area contributed by atoms with Gasteiger partial charge in [0, 0.05) is 45.2 Å². The zero-order valence-corrected chi connectivity index (χ0v) is 28.6. The van der Waals surface area contributed by atoms with Gasteiger partial charge in [0.1, 0.15) is 23.9 Å². The number of carbonyl (C=O) groups excluding carboxylic acids is 1. The number of alkyl halides is 6. The average Bonchev–Trinajstić information content (AvgIpc) is 3.44. The minimum atomic E-state index is -5.01. The minimum absolute atomic E-state index is 0.0514. The van der Waals surface area contributed by atoms with E-state index in [0.717, 1.165) is 43.1 Å². The van der Waals surface area contributed by atoms with Gasteiger partial charge in [-0.25, -0.2) is 9.37 Å². The number of aromatic nitrogens is 2. The molecule has 0 bridgehead atoms. The molecule has 1 aromatic heterocycles. The predicted octanol–water partition coefficient (Wildman–Crippen LogP) is 7.48.